The van der Waals surface area contributed by atoms with Gasteiger partial charge in [-0.1, -0.05) is 23.2 Å². The first-order valence-electron chi connectivity index (χ1n) is 5.34. The fraction of sp³-hybridized carbons (Fsp3) is 0.231. The van der Waals surface area contributed by atoms with Crippen molar-refractivity contribution in [3.05, 3.63) is 46.1 Å². The molecule has 1 aromatic heterocycles. The third-order valence-electron chi connectivity index (χ3n) is 2.69. The Morgan fingerprint density at radius 3 is 2.53 bits per heavy atom. The average molecular weight is 270 g/mol. The van der Waals surface area contributed by atoms with Crippen molar-refractivity contribution in [2.45, 2.75) is 13.0 Å². The van der Waals surface area contributed by atoms with Crippen LogP contribution in [0.5, 0.6) is 0 Å². The second-order valence-electron chi connectivity index (χ2n) is 3.84. The van der Waals surface area contributed by atoms with E-state index in [0.29, 0.717) is 10.0 Å². The van der Waals surface area contributed by atoms with Gasteiger partial charge in [0.25, 0.3) is 0 Å². The number of furan rings is 1. The van der Waals surface area contributed by atoms with Crippen LogP contribution in [0.3, 0.4) is 0 Å². The van der Waals surface area contributed by atoms with E-state index < -0.39 is 0 Å². The van der Waals surface area contributed by atoms with E-state index in [1.165, 1.54) is 0 Å². The molecule has 90 valence electrons. The molecule has 1 N–H and O–H groups in total. The molecule has 1 unspecified atom stereocenters. The maximum atomic E-state index is 5.97. The van der Waals surface area contributed by atoms with Crippen molar-refractivity contribution < 1.29 is 4.42 Å². The van der Waals surface area contributed by atoms with Gasteiger partial charge in [-0.15, -0.1) is 0 Å². The Labute approximate surface area is 111 Å². The van der Waals surface area contributed by atoms with Crippen LogP contribution in [0.25, 0.3) is 11.3 Å². The van der Waals surface area contributed by atoms with E-state index in [1.54, 1.807) is 12.1 Å². The van der Waals surface area contributed by atoms with Crippen LogP contribution in [0.4, 0.5) is 0 Å². The van der Waals surface area contributed by atoms with Gasteiger partial charge in [-0.3, -0.25) is 0 Å². The number of halogens is 2. The van der Waals surface area contributed by atoms with Gasteiger partial charge in [0.1, 0.15) is 11.5 Å². The Hall–Kier alpha value is -0.960. The molecule has 1 atom stereocenters. The van der Waals surface area contributed by atoms with Gasteiger partial charge in [-0.05, 0) is 44.3 Å². The number of hydrogen-bond donors (Lipinski definition) is 1. The third kappa shape index (κ3) is 2.65. The van der Waals surface area contributed by atoms with Gasteiger partial charge in [0.05, 0.1) is 16.1 Å². The Morgan fingerprint density at radius 2 is 1.88 bits per heavy atom. The largest absolute Gasteiger partial charge is 0.459 e. The van der Waals surface area contributed by atoms with Crippen molar-refractivity contribution in [2.75, 3.05) is 7.05 Å². The molecule has 0 saturated carbocycles. The van der Waals surface area contributed by atoms with E-state index >= 15 is 0 Å². The molecule has 0 amide bonds. The highest BCUT2D eigenvalue weighted by atomic mass is 35.5. The molecule has 0 aliphatic rings. The van der Waals surface area contributed by atoms with E-state index in [1.807, 2.05) is 32.2 Å². The molecular formula is C13H13Cl2NO. The van der Waals surface area contributed by atoms with Crippen LogP contribution in [-0.4, -0.2) is 7.05 Å². The molecule has 2 nitrogen and oxygen atoms in total. The van der Waals surface area contributed by atoms with Crippen LogP contribution in [0.15, 0.2) is 34.7 Å². The molecule has 0 saturated heterocycles. The Balaban J connectivity index is 2.33. The predicted molar refractivity (Wildman–Crippen MR) is 71.6 cm³/mol. The normalized spacial score (nSPS) is 12.7. The van der Waals surface area contributed by atoms with Gasteiger partial charge in [0.15, 0.2) is 0 Å². The van der Waals surface area contributed by atoms with Gasteiger partial charge in [0, 0.05) is 5.56 Å². The Bertz CT molecular complexity index is 522. The van der Waals surface area contributed by atoms with Crippen molar-refractivity contribution in [1.82, 2.24) is 5.32 Å². The van der Waals surface area contributed by atoms with Gasteiger partial charge in [-0.25, -0.2) is 0 Å². The summed E-state index contributed by atoms with van der Waals surface area (Å²) in [7, 11) is 1.89. The standard InChI is InChI=1S/C13H13Cl2NO/c1-8(16-2)12-5-6-13(17-12)9-3-4-10(14)11(15)7-9/h3-8,16H,1-2H3. The molecule has 0 bridgehead atoms. The smallest absolute Gasteiger partial charge is 0.134 e. The van der Waals surface area contributed by atoms with Crippen LogP contribution >= 0.6 is 23.2 Å². The van der Waals surface area contributed by atoms with Gasteiger partial charge < -0.3 is 9.73 Å². The quantitative estimate of drug-likeness (QED) is 0.886. The maximum Gasteiger partial charge on any atom is 0.134 e. The van der Waals surface area contributed by atoms with E-state index in [2.05, 4.69) is 5.32 Å². The van der Waals surface area contributed by atoms with Crippen molar-refractivity contribution in [2.24, 2.45) is 0 Å². The lowest BCUT2D eigenvalue weighted by Crippen LogP contribution is -2.10. The van der Waals surface area contributed by atoms with Crippen LogP contribution in [-0.2, 0) is 0 Å². The number of benzene rings is 1. The molecule has 0 aliphatic carbocycles. The van der Waals surface area contributed by atoms with Crippen molar-refractivity contribution >= 4 is 23.2 Å². The van der Waals surface area contributed by atoms with Crippen LogP contribution in [0.1, 0.15) is 18.7 Å². The fourth-order valence-electron chi connectivity index (χ4n) is 1.53. The Kier molecular flexibility index (Phi) is 3.77. The third-order valence-corrected chi connectivity index (χ3v) is 3.43. The minimum Gasteiger partial charge on any atom is -0.459 e. The molecule has 0 spiro atoms. The molecule has 2 aromatic rings. The second kappa shape index (κ2) is 5.13. The molecule has 17 heavy (non-hydrogen) atoms. The van der Waals surface area contributed by atoms with E-state index in [-0.39, 0.29) is 6.04 Å². The highest BCUT2D eigenvalue weighted by Crippen LogP contribution is 2.30. The first kappa shape index (κ1) is 12.5. The van der Waals surface area contributed by atoms with Crippen LogP contribution in [0, 0.1) is 0 Å². The highest BCUT2D eigenvalue weighted by molar-refractivity contribution is 6.42. The average Bonchev–Trinajstić information content (AvgIpc) is 2.81. The van der Waals surface area contributed by atoms with E-state index in [4.69, 9.17) is 27.6 Å². The van der Waals surface area contributed by atoms with E-state index in [0.717, 1.165) is 17.1 Å². The summed E-state index contributed by atoms with van der Waals surface area (Å²) >= 11 is 11.8. The summed E-state index contributed by atoms with van der Waals surface area (Å²) < 4.78 is 5.75. The molecule has 1 aromatic carbocycles. The molecular weight excluding hydrogens is 257 g/mol. The maximum absolute atomic E-state index is 5.97. The topological polar surface area (TPSA) is 25.2 Å². The highest BCUT2D eigenvalue weighted by Gasteiger charge is 2.10. The number of hydrogen-bond acceptors (Lipinski definition) is 2. The van der Waals surface area contributed by atoms with E-state index in [9.17, 15) is 0 Å². The van der Waals surface area contributed by atoms with Crippen molar-refractivity contribution in [1.29, 1.82) is 0 Å². The monoisotopic (exact) mass is 269 g/mol. The zero-order valence-electron chi connectivity index (χ0n) is 9.63. The van der Waals surface area contributed by atoms with Crippen LogP contribution < -0.4 is 5.32 Å². The lowest BCUT2D eigenvalue weighted by Gasteiger charge is -2.05. The summed E-state index contributed by atoms with van der Waals surface area (Å²) in [6, 6.07) is 9.54. The molecule has 0 radical (unpaired) electrons. The minimum absolute atomic E-state index is 0.187. The summed E-state index contributed by atoms with van der Waals surface area (Å²) in [5.41, 5.74) is 0.925. The minimum atomic E-state index is 0.187. The summed E-state index contributed by atoms with van der Waals surface area (Å²) in [4.78, 5) is 0. The number of rotatable bonds is 3. The predicted octanol–water partition coefficient (Wildman–Crippen LogP) is 4.53. The summed E-state index contributed by atoms with van der Waals surface area (Å²) in [5, 5.41) is 4.20. The molecule has 0 aliphatic heterocycles. The zero-order valence-corrected chi connectivity index (χ0v) is 11.1. The lowest BCUT2D eigenvalue weighted by atomic mass is 10.2. The SMILES string of the molecule is CNC(C)c1ccc(-c2ccc(Cl)c(Cl)c2)o1. The first-order valence-corrected chi connectivity index (χ1v) is 6.10. The summed E-state index contributed by atoms with van der Waals surface area (Å²) in [5.74, 6) is 1.69. The fourth-order valence-corrected chi connectivity index (χ4v) is 1.83. The molecule has 0 fully saturated rings. The zero-order chi connectivity index (χ0) is 12.4. The van der Waals surface area contributed by atoms with Gasteiger partial charge in [-0.2, -0.15) is 0 Å². The van der Waals surface area contributed by atoms with Gasteiger partial charge >= 0.3 is 0 Å². The molecule has 2 rings (SSSR count). The Morgan fingerprint density at radius 1 is 1.12 bits per heavy atom. The second-order valence-corrected chi connectivity index (χ2v) is 4.66. The molecule has 1 heterocycles. The lowest BCUT2D eigenvalue weighted by molar-refractivity contribution is 0.458. The summed E-state index contributed by atoms with van der Waals surface area (Å²) in [6.07, 6.45) is 0. The number of nitrogens with one attached hydrogen (secondary N) is 1. The van der Waals surface area contributed by atoms with Crippen molar-refractivity contribution in [3.63, 3.8) is 0 Å². The van der Waals surface area contributed by atoms with Crippen LogP contribution in [0.2, 0.25) is 10.0 Å². The summed E-state index contributed by atoms with van der Waals surface area (Å²) in [6.45, 7) is 2.04. The van der Waals surface area contributed by atoms with Crippen molar-refractivity contribution in [3.8, 4) is 11.3 Å². The molecule has 4 heteroatoms. The first-order chi connectivity index (χ1) is 8.11. The van der Waals surface area contributed by atoms with Gasteiger partial charge in [0.2, 0.25) is 0 Å².